The number of hydrogen-bond donors (Lipinski definition) is 1. The lowest BCUT2D eigenvalue weighted by Crippen LogP contribution is -2.14. The van der Waals surface area contributed by atoms with Crippen LogP contribution >= 0.6 is 0 Å². The van der Waals surface area contributed by atoms with Crippen molar-refractivity contribution in [3.63, 3.8) is 0 Å². The first-order valence-corrected chi connectivity index (χ1v) is 5.14. The third kappa shape index (κ3) is 2.92. The van der Waals surface area contributed by atoms with Crippen molar-refractivity contribution in [1.82, 2.24) is 0 Å². The maximum atomic E-state index is 11.4. The van der Waals surface area contributed by atoms with Gasteiger partial charge >= 0.3 is 5.97 Å². The van der Waals surface area contributed by atoms with Crippen molar-refractivity contribution >= 4 is 5.97 Å². The Bertz CT molecular complexity index is 474. The molecular formula is C13H13NO3. The monoisotopic (exact) mass is 231 g/mol. The van der Waals surface area contributed by atoms with Crippen molar-refractivity contribution in [2.24, 2.45) is 0 Å². The Labute approximate surface area is 99.8 Å². The van der Waals surface area contributed by atoms with Crippen LogP contribution in [-0.4, -0.2) is 17.7 Å². The third-order valence-electron chi connectivity index (χ3n) is 2.24. The molecular weight excluding hydrogens is 218 g/mol. The van der Waals surface area contributed by atoms with Gasteiger partial charge < -0.3 is 9.84 Å². The van der Waals surface area contributed by atoms with Crippen LogP contribution in [0.1, 0.15) is 24.2 Å². The predicted molar refractivity (Wildman–Crippen MR) is 61.9 cm³/mol. The van der Waals surface area contributed by atoms with Gasteiger partial charge in [-0.2, -0.15) is 5.26 Å². The highest BCUT2D eigenvalue weighted by Gasteiger charge is 2.21. The largest absolute Gasteiger partial charge is 0.463 e. The lowest BCUT2D eigenvalue weighted by Gasteiger charge is -2.14. The Balaban J connectivity index is 2.97. The molecule has 0 bridgehead atoms. The Morgan fingerprint density at radius 3 is 2.82 bits per heavy atom. The van der Waals surface area contributed by atoms with Crippen molar-refractivity contribution in [3.8, 4) is 6.07 Å². The van der Waals surface area contributed by atoms with E-state index >= 15 is 0 Å². The van der Waals surface area contributed by atoms with Crippen molar-refractivity contribution in [3.05, 3.63) is 47.5 Å². The van der Waals surface area contributed by atoms with Gasteiger partial charge in [-0.15, -0.1) is 0 Å². The fourth-order valence-corrected chi connectivity index (χ4v) is 1.36. The van der Waals surface area contributed by atoms with E-state index in [1.807, 2.05) is 6.07 Å². The van der Waals surface area contributed by atoms with Crippen LogP contribution in [0.2, 0.25) is 0 Å². The SMILES string of the molecule is C=C(C(=O)OCC)C(O)c1ccccc1C#N. The van der Waals surface area contributed by atoms with Crippen LogP contribution in [0.4, 0.5) is 0 Å². The molecule has 88 valence electrons. The van der Waals surface area contributed by atoms with Crippen LogP contribution in [0.3, 0.4) is 0 Å². The number of carbonyl (C=O) groups excluding carboxylic acids is 1. The Hall–Kier alpha value is -2.12. The topological polar surface area (TPSA) is 70.3 Å². The quantitative estimate of drug-likeness (QED) is 0.632. The van der Waals surface area contributed by atoms with E-state index in [2.05, 4.69) is 6.58 Å². The molecule has 1 aromatic rings. The predicted octanol–water partition coefficient (Wildman–Crippen LogP) is 1.71. The number of aliphatic hydroxyl groups is 1. The molecule has 0 saturated heterocycles. The molecule has 4 heteroatoms. The average Bonchev–Trinajstić information content (AvgIpc) is 2.37. The summed E-state index contributed by atoms with van der Waals surface area (Å²) in [7, 11) is 0. The van der Waals surface area contributed by atoms with Crippen LogP contribution in [0.15, 0.2) is 36.4 Å². The molecule has 1 aromatic carbocycles. The molecule has 0 aliphatic heterocycles. The van der Waals surface area contributed by atoms with Crippen molar-refractivity contribution in [2.75, 3.05) is 6.61 Å². The number of esters is 1. The number of ether oxygens (including phenoxy) is 1. The van der Waals surface area contributed by atoms with E-state index in [1.165, 1.54) is 0 Å². The van der Waals surface area contributed by atoms with E-state index in [4.69, 9.17) is 10.00 Å². The molecule has 0 aromatic heterocycles. The van der Waals surface area contributed by atoms with Gasteiger partial charge in [0.15, 0.2) is 0 Å². The van der Waals surface area contributed by atoms with Crippen molar-refractivity contribution < 1.29 is 14.6 Å². The highest BCUT2D eigenvalue weighted by atomic mass is 16.5. The molecule has 1 atom stereocenters. The van der Waals surface area contributed by atoms with Crippen LogP contribution < -0.4 is 0 Å². The Kier molecular flexibility index (Phi) is 4.44. The Morgan fingerprint density at radius 2 is 2.24 bits per heavy atom. The number of rotatable bonds is 4. The smallest absolute Gasteiger partial charge is 0.336 e. The van der Waals surface area contributed by atoms with Crippen molar-refractivity contribution in [2.45, 2.75) is 13.0 Å². The number of nitrogens with zero attached hydrogens (tertiary/aromatic N) is 1. The second-order valence-electron chi connectivity index (χ2n) is 3.35. The summed E-state index contributed by atoms with van der Waals surface area (Å²) in [4.78, 5) is 11.4. The first kappa shape index (κ1) is 12.9. The zero-order chi connectivity index (χ0) is 12.8. The molecule has 0 aliphatic rings. The first-order valence-electron chi connectivity index (χ1n) is 5.14. The zero-order valence-corrected chi connectivity index (χ0v) is 9.51. The Morgan fingerprint density at radius 1 is 1.59 bits per heavy atom. The van der Waals surface area contributed by atoms with Gasteiger partial charge in [-0.1, -0.05) is 24.8 Å². The van der Waals surface area contributed by atoms with Crippen LogP contribution in [0.25, 0.3) is 0 Å². The van der Waals surface area contributed by atoms with Gasteiger partial charge in [-0.05, 0) is 13.0 Å². The maximum absolute atomic E-state index is 11.4. The molecule has 0 amide bonds. The summed E-state index contributed by atoms with van der Waals surface area (Å²) < 4.78 is 4.74. The van der Waals surface area contributed by atoms with Gasteiger partial charge in [0.05, 0.1) is 23.8 Å². The fraction of sp³-hybridized carbons (Fsp3) is 0.231. The second kappa shape index (κ2) is 5.83. The van der Waals surface area contributed by atoms with E-state index in [1.54, 1.807) is 31.2 Å². The molecule has 0 saturated carbocycles. The van der Waals surface area contributed by atoms with Crippen molar-refractivity contribution in [1.29, 1.82) is 5.26 Å². The summed E-state index contributed by atoms with van der Waals surface area (Å²) in [5, 5.41) is 18.8. The van der Waals surface area contributed by atoms with E-state index in [-0.39, 0.29) is 12.2 Å². The number of benzene rings is 1. The summed E-state index contributed by atoms with van der Waals surface area (Å²) in [6, 6.07) is 8.45. The second-order valence-corrected chi connectivity index (χ2v) is 3.35. The molecule has 0 spiro atoms. The molecule has 4 nitrogen and oxygen atoms in total. The minimum atomic E-state index is -1.22. The molecule has 1 N–H and O–H groups in total. The van der Waals surface area contributed by atoms with Crippen LogP contribution in [0, 0.1) is 11.3 Å². The lowest BCUT2D eigenvalue weighted by atomic mass is 9.98. The summed E-state index contributed by atoms with van der Waals surface area (Å²) >= 11 is 0. The zero-order valence-electron chi connectivity index (χ0n) is 9.51. The molecule has 17 heavy (non-hydrogen) atoms. The highest BCUT2D eigenvalue weighted by Crippen LogP contribution is 2.24. The van der Waals surface area contributed by atoms with Gasteiger partial charge in [-0.25, -0.2) is 4.79 Å². The minimum absolute atomic E-state index is 0.0745. The molecule has 1 unspecified atom stereocenters. The average molecular weight is 231 g/mol. The van der Waals surface area contributed by atoms with E-state index in [0.717, 1.165) is 0 Å². The van der Waals surface area contributed by atoms with Crippen LogP contribution in [0.5, 0.6) is 0 Å². The maximum Gasteiger partial charge on any atom is 0.336 e. The van der Waals surface area contributed by atoms with Gasteiger partial charge in [-0.3, -0.25) is 0 Å². The standard InChI is InChI=1S/C13H13NO3/c1-3-17-13(16)9(2)12(15)11-7-5-4-6-10(11)8-14/h4-7,12,15H,2-3H2,1H3. The molecule has 0 aliphatic carbocycles. The summed E-state index contributed by atoms with van der Waals surface area (Å²) in [6.07, 6.45) is -1.22. The van der Waals surface area contributed by atoms with Gasteiger partial charge in [0.1, 0.15) is 6.10 Å². The van der Waals surface area contributed by atoms with Gasteiger partial charge in [0.2, 0.25) is 0 Å². The van der Waals surface area contributed by atoms with E-state index < -0.39 is 12.1 Å². The molecule has 0 heterocycles. The van der Waals surface area contributed by atoms with Gasteiger partial charge in [0.25, 0.3) is 0 Å². The fourth-order valence-electron chi connectivity index (χ4n) is 1.36. The first-order chi connectivity index (χ1) is 8.11. The molecule has 0 fully saturated rings. The summed E-state index contributed by atoms with van der Waals surface area (Å²) in [5.41, 5.74) is 0.591. The summed E-state index contributed by atoms with van der Waals surface area (Å²) in [6.45, 7) is 5.37. The summed E-state index contributed by atoms with van der Waals surface area (Å²) in [5.74, 6) is -0.659. The molecule has 1 rings (SSSR count). The lowest BCUT2D eigenvalue weighted by molar-refractivity contribution is -0.139. The van der Waals surface area contributed by atoms with E-state index in [9.17, 15) is 9.90 Å². The highest BCUT2D eigenvalue weighted by molar-refractivity contribution is 5.89. The van der Waals surface area contributed by atoms with E-state index in [0.29, 0.717) is 11.1 Å². The number of carbonyl (C=O) groups is 1. The number of hydrogen-bond acceptors (Lipinski definition) is 4. The minimum Gasteiger partial charge on any atom is -0.463 e. The number of nitriles is 1. The normalized spacial score (nSPS) is 11.4. The van der Waals surface area contributed by atoms with Crippen LogP contribution in [-0.2, 0) is 9.53 Å². The molecule has 0 radical (unpaired) electrons. The number of aliphatic hydroxyl groups excluding tert-OH is 1. The third-order valence-corrected chi connectivity index (χ3v) is 2.24. The van der Waals surface area contributed by atoms with Gasteiger partial charge in [0, 0.05) is 5.56 Å².